The summed E-state index contributed by atoms with van der Waals surface area (Å²) in [6.07, 6.45) is -2.71. The minimum absolute atomic E-state index is 0.303. The van der Waals surface area contributed by atoms with Crippen LogP contribution in [0.3, 0.4) is 0 Å². The minimum atomic E-state index is -4.44. The van der Waals surface area contributed by atoms with Gasteiger partial charge in [-0.25, -0.2) is 0 Å². The summed E-state index contributed by atoms with van der Waals surface area (Å²) in [6, 6.07) is 0. The van der Waals surface area contributed by atoms with Crippen molar-refractivity contribution in [3.05, 3.63) is 0 Å². The molecule has 0 aliphatic heterocycles. The number of rotatable bonds is 1. The number of carboxylic acids is 1. The largest absolute Gasteiger partial charge is 0.481 e. The molecule has 2 nitrogen and oxygen atoms in total. The highest BCUT2D eigenvalue weighted by Gasteiger charge is 2.27. The van der Waals surface area contributed by atoms with Gasteiger partial charge in [-0.3, -0.25) is 4.79 Å². The SMILES string of the molecule is O=C(O)C1CCC(C#CC(F)(F)F)CC1. The van der Waals surface area contributed by atoms with Gasteiger partial charge in [0.25, 0.3) is 0 Å². The highest BCUT2D eigenvalue weighted by molar-refractivity contribution is 5.70. The number of hydrogen-bond donors (Lipinski definition) is 1. The average molecular weight is 220 g/mol. The van der Waals surface area contributed by atoms with E-state index in [1.165, 1.54) is 5.92 Å². The molecule has 1 rings (SSSR count). The molecule has 1 fully saturated rings. The van der Waals surface area contributed by atoms with Gasteiger partial charge >= 0.3 is 12.1 Å². The highest BCUT2D eigenvalue weighted by atomic mass is 19.4. The molecule has 1 aliphatic carbocycles. The van der Waals surface area contributed by atoms with E-state index in [1.54, 1.807) is 0 Å². The van der Waals surface area contributed by atoms with Crippen molar-refractivity contribution in [2.45, 2.75) is 31.9 Å². The summed E-state index contributed by atoms with van der Waals surface area (Å²) in [5, 5.41) is 8.67. The summed E-state index contributed by atoms with van der Waals surface area (Å²) in [7, 11) is 0. The molecule has 0 heterocycles. The first kappa shape index (κ1) is 11.9. The molecule has 0 aromatic rings. The van der Waals surface area contributed by atoms with Gasteiger partial charge in [0.1, 0.15) is 0 Å². The molecule has 0 aromatic carbocycles. The third-order valence-electron chi connectivity index (χ3n) is 2.49. The molecule has 0 amide bonds. The lowest BCUT2D eigenvalue weighted by atomic mass is 9.82. The van der Waals surface area contributed by atoms with Crippen LogP contribution < -0.4 is 0 Å². The Kier molecular flexibility index (Phi) is 3.61. The van der Waals surface area contributed by atoms with Gasteiger partial charge in [0.15, 0.2) is 0 Å². The molecule has 0 aromatic heterocycles. The van der Waals surface area contributed by atoms with Gasteiger partial charge < -0.3 is 5.11 Å². The molecular weight excluding hydrogens is 209 g/mol. The Morgan fingerprint density at radius 2 is 1.73 bits per heavy atom. The molecular formula is C10H11F3O2. The van der Waals surface area contributed by atoms with Crippen molar-refractivity contribution in [3.8, 4) is 11.8 Å². The van der Waals surface area contributed by atoms with Crippen LogP contribution in [0.1, 0.15) is 25.7 Å². The summed E-state index contributed by atoms with van der Waals surface area (Å²) in [5.41, 5.74) is 0. The van der Waals surface area contributed by atoms with Crippen molar-refractivity contribution in [2.75, 3.05) is 0 Å². The predicted molar refractivity (Wildman–Crippen MR) is 46.9 cm³/mol. The van der Waals surface area contributed by atoms with Crippen molar-refractivity contribution in [2.24, 2.45) is 11.8 Å². The summed E-state index contributed by atoms with van der Waals surface area (Å²) in [6.45, 7) is 0. The van der Waals surface area contributed by atoms with Crippen molar-refractivity contribution >= 4 is 5.97 Å². The fraction of sp³-hybridized carbons (Fsp3) is 0.700. The molecule has 0 atom stereocenters. The molecule has 0 bridgehead atoms. The van der Waals surface area contributed by atoms with Crippen LogP contribution >= 0.6 is 0 Å². The number of carbonyl (C=O) groups is 1. The number of carboxylic acid groups (broad SMARTS) is 1. The summed E-state index contributed by atoms with van der Waals surface area (Å²) >= 11 is 0. The molecule has 15 heavy (non-hydrogen) atoms. The Morgan fingerprint density at radius 3 is 2.13 bits per heavy atom. The van der Waals surface area contributed by atoms with Crippen molar-refractivity contribution < 1.29 is 23.1 Å². The molecule has 0 saturated heterocycles. The van der Waals surface area contributed by atoms with Crippen LogP contribution in [-0.2, 0) is 4.79 Å². The van der Waals surface area contributed by atoms with Crippen LogP contribution in [0.25, 0.3) is 0 Å². The Morgan fingerprint density at radius 1 is 1.20 bits per heavy atom. The Hall–Kier alpha value is -1.18. The monoisotopic (exact) mass is 220 g/mol. The fourth-order valence-corrected chi connectivity index (χ4v) is 1.67. The molecule has 1 N–H and O–H groups in total. The van der Waals surface area contributed by atoms with Crippen LogP contribution in [0, 0.1) is 23.7 Å². The van der Waals surface area contributed by atoms with Crippen LogP contribution in [0.2, 0.25) is 0 Å². The van der Waals surface area contributed by atoms with Crippen molar-refractivity contribution in [3.63, 3.8) is 0 Å². The molecule has 0 spiro atoms. The normalized spacial score (nSPS) is 26.6. The summed E-state index contributed by atoms with van der Waals surface area (Å²) in [5.74, 6) is 1.82. The Balaban J connectivity index is 2.44. The van der Waals surface area contributed by atoms with Crippen LogP contribution in [0.4, 0.5) is 13.2 Å². The zero-order valence-electron chi connectivity index (χ0n) is 7.97. The van der Waals surface area contributed by atoms with E-state index >= 15 is 0 Å². The van der Waals surface area contributed by atoms with Gasteiger partial charge in [-0.15, -0.1) is 0 Å². The zero-order chi connectivity index (χ0) is 11.5. The zero-order valence-corrected chi connectivity index (χ0v) is 7.97. The van der Waals surface area contributed by atoms with Crippen LogP contribution in [-0.4, -0.2) is 17.3 Å². The maximum atomic E-state index is 11.7. The molecule has 0 unspecified atom stereocenters. The first-order valence-electron chi connectivity index (χ1n) is 4.71. The Bertz CT molecular complexity index is 290. The standard InChI is InChI=1S/C10H11F3O2/c11-10(12,13)6-5-7-1-3-8(4-2-7)9(14)15/h7-8H,1-4H2,(H,14,15). The van der Waals surface area contributed by atoms with E-state index in [4.69, 9.17) is 5.11 Å². The lowest BCUT2D eigenvalue weighted by molar-refractivity contribution is -0.142. The number of alkyl halides is 3. The fourth-order valence-electron chi connectivity index (χ4n) is 1.67. The Labute approximate surface area is 85.5 Å². The quantitative estimate of drug-likeness (QED) is 0.689. The van der Waals surface area contributed by atoms with Crippen molar-refractivity contribution in [1.82, 2.24) is 0 Å². The predicted octanol–water partition coefficient (Wildman–Crippen LogP) is 2.44. The molecule has 84 valence electrons. The van der Waals surface area contributed by atoms with E-state index in [-0.39, 0.29) is 5.92 Å². The van der Waals surface area contributed by atoms with Crippen molar-refractivity contribution in [1.29, 1.82) is 0 Å². The van der Waals surface area contributed by atoms with E-state index in [0.717, 1.165) is 0 Å². The van der Waals surface area contributed by atoms with E-state index in [2.05, 4.69) is 5.92 Å². The molecule has 0 radical (unpaired) electrons. The second kappa shape index (κ2) is 4.56. The van der Waals surface area contributed by atoms with E-state index < -0.39 is 18.1 Å². The van der Waals surface area contributed by atoms with Gasteiger partial charge in [0.2, 0.25) is 0 Å². The average Bonchev–Trinajstić information content (AvgIpc) is 2.14. The second-order valence-corrected chi connectivity index (χ2v) is 3.65. The van der Waals surface area contributed by atoms with E-state index in [9.17, 15) is 18.0 Å². The third-order valence-corrected chi connectivity index (χ3v) is 2.49. The van der Waals surface area contributed by atoms with Gasteiger partial charge in [0.05, 0.1) is 5.92 Å². The van der Waals surface area contributed by atoms with E-state index in [0.29, 0.717) is 25.7 Å². The van der Waals surface area contributed by atoms with Crippen LogP contribution in [0.5, 0.6) is 0 Å². The first-order chi connectivity index (χ1) is 6.88. The maximum Gasteiger partial charge on any atom is 0.457 e. The second-order valence-electron chi connectivity index (χ2n) is 3.65. The van der Waals surface area contributed by atoms with E-state index in [1.807, 2.05) is 0 Å². The third kappa shape index (κ3) is 4.24. The van der Waals surface area contributed by atoms with Crippen LogP contribution in [0.15, 0.2) is 0 Å². The minimum Gasteiger partial charge on any atom is -0.481 e. The summed E-state index contributed by atoms with van der Waals surface area (Å²) < 4.78 is 35.2. The number of hydrogen-bond acceptors (Lipinski definition) is 1. The first-order valence-corrected chi connectivity index (χ1v) is 4.71. The number of aliphatic carboxylic acids is 1. The molecule has 5 heteroatoms. The van der Waals surface area contributed by atoms with Gasteiger partial charge in [-0.05, 0) is 25.7 Å². The molecule has 1 aliphatic rings. The van der Waals surface area contributed by atoms with Gasteiger partial charge in [-0.1, -0.05) is 5.92 Å². The number of halogens is 3. The topological polar surface area (TPSA) is 37.3 Å². The lowest BCUT2D eigenvalue weighted by Gasteiger charge is -2.22. The highest BCUT2D eigenvalue weighted by Crippen LogP contribution is 2.28. The lowest BCUT2D eigenvalue weighted by Crippen LogP contribution is -2.20. The van der Waals surface area contributed by atoms with Gasteiger partial charge in [-0.2, -0.15) is 13.2 Å². The smallest absolute Gasteiger partial charge is 0.457 e. The summed E-state index contributed by atoms with van der Waals surface area (Å²) in [4.78, 5) is 10.6. The maximum absolute atomic E-state index is 11.7. The van der Waals surface area contributed by atoms with Gasteiger partial charge in [0, 0.05) is 11.8 Å². The molecule has 1 saturated carbocycles.